The molecule has 5 aromatic rings. The number of ether oxygens (including phenoxy) is 1. The molecule has 0 bridgehead atoms. The van der Waals surface area contributed by atoms with Gasteiger partial charge in [-0.2, -0.15) is 4.52 Å². The van der Waals surface area contributed by atoms with Gasteiger partial charge in [0.05, 0.1) is 23.7 Å². The van der Waals surface area contributed by atoms with E-state index in [1.165, 1.54) is 4.88 Å². The molecule has 0 amide bonds. The minimum absolute atomic E-state index is 0.00251. The molecule has 0 aliphatic carbocycles. The van der Waals surface area contributed by atoms with Crippen molar-refractivity contribution in [1.82, 2.24) is 45.1 Å². The summed E-state index contributed by atoms with van der Waals surface area (Å²) in [5, 5.41) is 28.7. The van der Waals surface area contributed by atoms with Crippen LogP contribution in [0.2, 0.25) is 0 Å². The first-order chi connectivity index (χ1) is 17.4. The molecule has 0 radical (unpaired) electrons. The van der Waals surface area contributed by atoms with Gasteiger partial charge in [0.1, 0.15) is 5.75 Å². The van der Waals surface area contributed by atoms with Gasteiger partial charge in [-0.3, -0.25) is 4.90 Å². The third-order valence-electron chi connectivity index (χ3n) is 6.19. The molecule has 36 heavy (non-hydrogen) atoms. The molecule has 10 nitrogen and oxygen atoms in total. The van der Waals surface area contributed by atoms with Crippen molar-refractivity contribution < 1.29 is 4.74 Å². The largest absolute Gasteiger partial charge is 0.494 e. The summed E-state index contributed by atoms with van der Waals surface area (Å²) in [7, 11) is 0. The van der Waals surface area contributed by atoms with Crippen molar-refractivity contribution in [3.8, 4) is 5.75 Å². The van der Waals surface area contributed by atoms with Crippen molar-refractivity contribution in [3.05, 3.63) is 58.0 Å². The zero-order valence-electron chi connectivity index (χ0n) is 21.3. The van der Waals surface area contributed by atoms with Crippen LogP contribution in [0.15, 0.2) is 41.8 Å². The molecule has 0 fully saturated rings. The molecule has 4 aromatic heterocycles. The number of hydrogen-bond acceptors (Lipinski definition) is 9. The maximum atomic E-state index is 5.75. The van der Waals surface area contributed by atoms with Crippen LogP contribution in [0.1, 0.15) is 63.3 Å². The predicted octanol–water partition coefficient (Wildman–Crippen LogP) is 4.63. The van der Waals surface area contributed by atoms with Crippen LogP contribution in [0.3, 0.4) is 0 Å². The second-order valence-electron chi connectivity index (χ2n) is 9.77. The molecule has 0 N–H and O–H groups in total. The van der Waals surface area contributed by atoms with Crippen LogP contribution in [-0.2, 0) is 18.6 Å². The summed E-state index contributed by atoms with van der Waals surface area (Å²) in [6, 6.07) is 12.4. The summed E-state index contributed by atoms with van der Waals surface area (Å²) in [5.41, 5.74) is 2.48. The van der Waals surface area contributed by atoms with Gasteiger partial charge in [0.15, 0.2) is 11.5 Å². The molecule has 11 heteroatoms. The normalized spacial score (nSPS) is 13.2. The van der Waals surface area contributed by atoms with Crippen molar-refractivity contribution in [1.29, 1.82) is 0 Å². The molecule has 1 aromatic carbocycles. The predicted molar refractivity (Wildman–Crippen MR) is 139 cm³/mol. The monoisotopic (exact) mass is 505 g/mol. The maximum absolute atomic E-state index is 5.75. The van der Waals surface area contributed by atoms with E-state index in [-0.39, 0.29) is 11.6 Å². The number of aromatic nitrogens is 8. The van der Waals surface area contributed by atoms with Crippen molar-refractivity contribution >= 4 is 27.9 Å². The first kappa shape index (κ1) is 24.3. The summed E-state index contributed by atoms with van der Waals surface area (Å²) in [5.74, 6) is 1.69. The van der Waals surface area contributed by atoms with Gasteiger partial charge in [0.25, 0.3) is 0 Å². The maximum Gasteiger partial charge on any atom is 0.184 e. The fourth-order valence-electron chi connectivity index (χ4n) is 4.60. The Morgan fingerprint density at radius 3 is 2.58 bits per heavy atom. The van der Waals surface area contributed by atoms with Gasteiger partial charge in [-0.1, -0.05) is 13.0 Å². The molecule has 0 aliphatic heterocycles. The standard InChI is InChI=1S/C25H31N9OS/c1-6-21(24-27-29-31-34(24)25(3,4)5)32(16-20-9-8-12-36-20)15-18-13-17-14-19(35-7-2)10-11-22(17)33-23(18)26-28-30-33/h8-14,21H,6-7,15-16H2,1-5H3. The summed E-state index contributed by atoms with van der Waals surface area (Å²) in [6.45, 7) is 12.5. The average molecular weight is 506 g/mol. The molecule has 0 aliphatic rings. The molecule has 4 heterocycles. The number of tetrazole rings is 2. The fraction of sp³-hybridized carbons (Fsp3) is 0.440. The van der Waals surface area contributed by atoms with Crippen LogP contribution in [0, 0.1) is 0 Å². The number of benzene rings is 1. The second kappa shape index (κ2) is 9.90. The van der Waals surface area contributed by atoms with Crippen molar-refractivity contribution in [3.63, 3.8) is 0 Å². The third-order valence-corrected chi connectivity index (χ3v) is 7.05. The highest BCUT2D eigenvalue weighted by Gasteiger charge is 2.30. The Bertz CT molecular complexity index is 1450. The van der Waals surface area contributed by atoms with E-state index in [1.807, 2.05) is 34.3 Å². The Labute approximate surface area is 213 Å². The van der Waals surface area contributed by atoms with E-state index in [2.05, 4.69) is 87.2 Å². The molecule has 188 valence electrons. The van der Waals surface area contributed by atoms with Crippen LogP contribution in [0.25, 0.3) is 16.6 Å². The van der Waals surface area contributed by atoms with Crippen molar-refractivity contribution in [2.75, 3.05) is 6.61 Å². The lowest BCUT2D eigenvalue weighted by Gasteiger charge is -2.32. The molecule has 0 saturated heterocycles. The second-order valence-corrected chi connectivity index (χ2v) is 10.8. The number of rotatable bonds is 9. The van der Waals surface area contributed by atoms with E-state index in [0.29, 0.717) is 13.2 Å². The number of hydrogen-bond donors (Lipinski definition) is 0. The van der Waals surface area contributed by atoms with Crippen LogP contribution >= 0.6 is 11.3 Å². The summed E-state index contributed by atoms with van der Waals surface area (Å²) < 4.78 is 9.50. The Morgan fingerprint density at radius 2 is 1.86 bits per heavy atom. The Kier molecular flexibility index (Phi) is 6.67. The topological polar surface area (TPSA) is 99.2 Å². The van der Waals surface area contributed by atoms with Gasteiger partial charge in [0.2, 0.25) is 0 Å². The van der Waals surface area contributed by atoms with Gasteiger partial charge in [-0.25, -0.2) is 4.68 Å². The lowest BCUT2D eigenvalue weighted by atomic mass is 10.1. The quantitative estimate of drug-likeness (QED) is 0.286. The summed E-state index contributed by atoms with van der Waals surface area (Å²) in [4.78, 5) is 3.69. The van der Waals surface area contributed by atoms with Crippen LogP contribution in [0.4, 0.5) is 0 Å². The van der Waals surface area contributed by atoms with Crippen LogP contribution in [0.5, 0.6) is 5.75 Å². The number of fused-ring (bicyclic) bond motifs is 3. The van der Waals surface area contributed by atoms with Gasteiger partial charge in [-0.05, 0) is 90.7 Å². The lowest BCUT2D eigenvalue weighted by Crippen LogP contribution is -2.34. The van der Waals surface area contributed by atoms with Gasteiger partial charge in [0, 0.05) is 28.9 Å². The number of nitrogens with zero attached hydrogens (tertiary/aromatic N) is 9. The molecule has 5 rings (SSSR count). The Hall–Kier alpha value is -3.44. The first-order valence-electron chi connectivity index (χ1n) is 12.2. The highest BCUT2D eigenvalue weighted by molar-refractivity contribution is 7.09. The van der Waals surface area contributed by atoms with Crippen molar-refractivity contribution in [2.45, 2.75) is 65.7 Å². The van der Waals surface area contributed by atoms with Gasteiger partial charge < -0.3 is 4.74 Å². The number of thiophene rings is 1. The molecular weight excluding hydrogens is 474 g/mol. The van der Waals surface area contributed by atoms with Crippen LogP contribution < -0.4 is 4.74 Å². The molecule has 0 saturated carbocycles. The number of pyridine rings is 1. The average Bonchev–Trinajstić information content (AvgIpc) is 3.61. The highest BCUT2D eigenvalue weighted by Crippen LogP contribution is 2.32. The van der Waals surface area contributed by atoms with Gasteiger partial charge >= 0.3 is 0 Å². The van der Waals surface area contributed by atoms with E-state index in [1.54, 1.807) is 11.3 Å². The summed E-state index contributed by atoms with van der Waals surface area (Å²) >= 11 is 1.75. The minimum atomic E-state index is -0.232. The summed E-state index contributed by atoms with van der Waals surface area (Å²) in [6.07, 6.45) is 0.852. The highest BCUT2D eigenvalue weighted by atomic mass is 32.1. The SMILES string of the molecule is CCOc1ccc2c(c1)cc(CN(Cc1cccs1)C(CC)c1nnnn1C(C)(C)C)c1nnnn12. The van der Waals surface area contributed by atoms with Crippen LogP contribution in [-0.4, -0.2) is 51.8 Å². The Balaban J connectivity index is 1.60. The van der Waals surface area contributed by atoms with E-state index in [0.717, 1.165) is 46.7 Å². The van der Waals surface area contributed by atoms with E-state index < -0.39 is 0 Å². The lowest BCUT2D eigenvalue weighted by molar-refractivity contribution is 0.155. The molecule has 1 atom stereocenters. The van der Waals surface area contributed by atoms with E-state index in [9.17, 15) is 0 Å². The zero-order valence-corrected chi connectivity index (χ0v) is 22.1. The fourth-order valence-corrected chi connectivity index (χ4v) is 5.33. The zero-order chi connectivity index (χ0) is 25.3. The van der Waals surface area contributed by atoms with E-state index in [4.69, 9.17) is 4.74 Å². The minimum Gasteiger partial charge on any atom is -0.494 e. The Morgan fingerprint density at radius 1 is 1.03 bits per heavy atom. The molecular formula is C25H31N9OS. The third kappa shape index (κ3) is 4.68. The van der Waals surface area contributed by atoms with E-state index >= 15 is 0 Å². The van der Waals surface area contributed by atoms with Crippen molar-refractivity contribution in [2.24, 2.45) is 0 Å². The molecule has 1 unspecified atom stereocenters. The first-order valence-corrected chi connectivity index (χ1v) is 13.1. The molecule has 0 spiro atoms. The smallest absolute Gasteiger partial charge is 0.184 e. The van der Waals surface area contributed by atoms with Gasteiger partial charge in [-0.15, -0.1) is 21.5 Å².